The maximum absolute atomic E-state index is 12.8. The number of aromatic nitrogens is 4. The Bertz CT molecular complexity index is 1240. The summed E-state index contributed by atoms with van der Waals surface area (Å²) in [5, 5.41) is 3.91. The van der Waals surface area contributed by atoms with E-state index in [0.29, 0.717) is 13.2 Å². The van der Waals surface area contributed by atoms with Gasteiger partial charge < -0.3 is 15.4 Å². The van der Waals surface area contributed by atoms with Crippen molar-refractivity contribution in [3.8, 4) is 11.8 Å². The molecule has 4 heterocycles. The molecular formula is C22H22F2N6O2S. The van der Waals surface area contributed by atoms with Gasteiger partial charge in [-0.1, -0.05) is 11.8 Å². The molecule has 0 unspecified atom stereocenters. The molecule has 3 aromatic rings. The van der Waals surface area contributed by atoms with Crippen molar-refractivity contribution >= 4 is 17.2 Å². The van der Waals surface area contributed by atoms with Gasteiger partial charge in [-0.2, -0.15) is 13.9 Å². The number of ether oxygens (including phenoxy) is 1. The van der Waals surface area contributed by atoms with Crippen LogP contribution in [0.2, 0.25) is 0 Å². The topological polar surface area (TPSA) is 91.2 Å². The second kappa shape index (κ2) is 10.5. The molecule has 11 heteroatoms. The van der Waals surface area contributed by atoms with Crippen LogP contribution in [0, 0.1) is 11.8 Å². The van der Waals surface area contributed by atoms with E-state index in [-0.39, 0.29) is 25.2 Å². The average Bonchev–Trinajstić information content (AvgIpc) is 3.43. The number of morpholine rings is 1. The number of halogens is 2. The molecule has 1 aliphatic heterocycles. The fourth-order valence-electron chi connectivity index (χ4n) is 3.24. The van der Waals surface area contributed by atoms with Gasteiger partial charge in [0.2, 0.25) is 0 Å². The molecule has 8 nitrogen and oxygen atoms in total. The van der Waals surface area contributed by atoms with Gasteiger partial charge in [-0.15, -0.1) is 11.3 Å². The molecule has 0 radical (unpaired) electrons. The number of rotatable bonds is 6. The third kappa shape index (κ3) is 5.73. The SMILES string of the molecule is NCC(Cn1ncn(Cc2ccc(C#Cc3ccc(N4CCOCC4)nc3)s2)c1=O)=C(F)F. The van der Waals surface area contributed by atoms with Crippen molar-refractivity contribution in [1.82, 2.24) is 19.3 Å². The predicted molar refractivity (Wildman–Crippen MR) is 121 cm³/mol. The van der Waals surface area contributed by atoms with Gasteiger partial charge in [0.1, 0.15) is 12.1 Å². The lowest BCUT2D eigenvalue weighted by Crippen LogP contribution is -2.36. The normalized spacial score (nSPS) is 13.5. The van der Waals surface area contributed by atoms with Crippen LogP contribution in [0.3, 0.4) is 0 Å². The summed E-state index contributed by atoms with van der Waals surface area (Å²) in [4.78, 5) is 20.8. The minimum Gasteiger partial charge on any atom is -0.378 e. The molecule has 4 rings (SSSR count). The molecule has 172 valence electrons. The van der Waals surface area contributed by atoms with Gasteiger partial charge in [0.25, 0.3) is 6.08 Å². The van der Waals surface area contributed by atoms with E-state index in [1.165, 1.54) is 22.2 Å². The van der Waals surface area contributed by atoms with Crippen LogP contribution in [0.4, 0.5) is 14.6 Å². The van der Waals surface area contributed by atoms with Gasteiger partial charge in [-0.25, -0.2) is 14.5 Å². The molecule has 0 atom stereocenters. The summed E-state index contributed by atoms with van der Waals surface area (Å²) in [6.45, 7) is 2.69. The number of hydrogen-bond acceptors (Lipinski definition) is 7. The molecular weight excluding hydrogens is 450 g/mol. The molecule has 0 aromatic carbocycles. The molecule has 0 bridgehead atoms. The zero-order chi connectivity index (χ0) is 23.2. The highest BCUT2D eigenvalue weighted by atomic mass is 32.1. The fraction of sp³-hybridized carbons (Fsp3) is 0.318. The molecule has 0 spiro atoms. The number of thiophene rings is 1. The molecule has 0 aliphatic carbocycles. The molecule has 1 saturated heterocycles. The standard InChI is InChI=1S/C22H22F2N6O2S/c23-21(24)17(11-25)13-30-22(31)29(15-27-30)14-19-5-4-18(33-19)3-1-16-2-6-20(26-12-16)28-7-9-32-10-8-28/h2,4-6,12,15H,7-11,13-14,25H2. The Kier molecular flexibility index (Phi) is 7.29. The van der Waals surface area contributed by atoms with Gasteiger partial charge >= 0.3 is 5.69 Å². The van der Waals surface area contributed by atoms with Crippen molar-refractivity contribution in [3.63, 3.8) is 0 Å². The maximum Gasteiger partial charge on any atom is 0.346 e. The predicted octanol–water partition coefficient (Wildman–Crippen LogP) is 1.90. The first kappa shape index (κ1) is 22.8. The smallest absolute Gasteiger partial charge is 0.346 e. The zero-order valence-corrected chi connectivity index (χ0v) is 18.5. The molecule has 2 N–H and O–H groups in total. The first-order chi connectivity index (χ1) is 16.0. The van der Waals surface area contributed by atoms with Gasteiger partial charge in [-0.05, 0) is 24.3 Å². The van der Waals surface area contributed by atoms with Gasteiger partial charge in [-0.3, -0.25) is 4.57 Å². The van der Waals surface area contributed by atoms with Crippen molar-refractivity contribution < 1.29 is 13.5 Å². The fourth-order valence-corrected chi connectivity index (χ4v) is 4.10. The van der Waals surface area contributed by atoms with E-state index in [9.17, 15) is 13.6 Å². The number of nitrogens with zero attached hydrogens (tertiary/aromatic N) is 5. The lowest BCUT2D eigenvalue weighted by Gasteiger charge is -2.27. The Hall–Kier alpha value is -3.33. The first-order valence-corrected chi connectivity index (χ1v) is 11.1. The molecule has 0 amide bonds. The summed E-state index contributed by atoms with van der Waals surface area (Å²) in [5.41, 5.74) is 5.32. The minimum absolute atomic E-state index is 0.279. The molecule has 1 aliphatic rings. The second-order valence-corrected chi connectivity index (χ2v) is 8.46. The van der Waals surface area contributed by atoms with Gasteiger partial charge in [0.05, 0.1) is 31.2 Å². The Balaban J connectivity index is 1.40. The summed E-state index contributed by atoms with van der Waals surface area (Å²) < 4.78 is 33.3. The van der Waals surface area contributed by atoms with Crippen LogP contribution in [-0.2, 0) is 17.8 Å². The van der Waals surface area contributed by atoms with E-state index in [2.05, 4.69) is 26.8 Å². The third-order valence-corrected chi connectivity index (χ3v) is 6.04. The van der Waals surface area contributed by atoms with Crippen molar-refractivity contribution in [2.24, 2.45) is 5.73 Å². The van der Waals surface area contributed by atoms with Crippen molar-refractivity contribution in [2.45, 2.75) is 13.1 Å². The number of nitrogens with two attached hydrogens (primary N) is 1. The first-order valence-electron chi connectivity index (χ1n) is 10.3. The molecule has 1 fully saturated rings. The number of pyridine rings is 1. The highest BCUT2D eigenvalue weighted by Crippen LogP contribution is 2.17. The Labute approximate surface area is 192 Å². The van der Waals surface area contributed by atoms with Crippen LogP contribution in [0.15, 0.2) is 53.2 Å². The Morgan fingerprint density at radius 3 is 2.70 bits per heavy atom. The third-order valence-electron chi connectivity index (χ3n) is 5.05. The monoisotopic (exact) mass is 472 g/mol. The number of hydrogen-bond donors (Lipinski definition) is 1. The average molecular weight is 473 g/mol. The van der Waals surface area contributed by atoms with Crippen LogP contribution in [-0.4, -0.2) is 52.2 Å². The Morgan fingerprint density at radius 1 is 1.18 bits per heavy atom. The van der Waals surface area contributed by atoms with Crippen molar-refractivity contribution in [2.75, 3.05) is 37.7 Å². The lowest BCUT2D eigenvalue weighted by atomic mass is 10.2. The molecule has 0 saturated carbocycles. The van der Waals surface area contributed by atoms with Crippen molar-refractivity contribution in [1.29, 1.82) is 0 Å². The van der Waals surface area contributed by atoms with E-state index in [1.54, 1.807) is 6.20 Å². The summed E-state index contributed by atoms with van der Waals surface area (Å²) in [7, 11) is 0. The molecule has 33 heavy (non-hydrogen) atoms. The van der Waals surface area contributed by atoms with Gasteiger partial charge in [0.15, 0.2) is 0 Å². The van der Waals surface area contributed by atoms with Crippen LogP contribution in [0.1, 0.15) is 15.3 Å². The maximum atomic E-state index is 12.8. The largest absolute Gasteiger partial charge is 0.378 e. The summed E-state index contributed by atoms with van der Waals surface area (Å²) in [5.74, 6) is 7.13. The van der Waals surface area contributed by atoms with Crippen LogP contribution in [0.5, 0.6) is 0 Å². The van der Waals surface area contributed by atoms with Crippen LogP contribution < -0.4 is 16.3 Å². The number of anilines is 1. The van der Waals surface area contributed by atoms with E-state index in [0.717, 1.165) is 38.9 Å². The van der Waals surface area contributed by atoms with E-state index < -0.39 is 11.8 Å². The van der Waals surface area contributed by atoms with Crippen LogP contribution >= 0.6 is 11.3 Å². The lowest BCUT2D eigenvalue weighted by molar-refractivity contribution is 0.122. The highest BCUT2D eigenvalue weighted by Gasteiger charge is 2.13. The molecule has 3 aromatic heterocycles. The van der Waals surface area contributed by atoms with Gasteiger partial charge in [0, 0.05) is 41.8 Å². The quantitative estimate of drug-likeness (QED) is 0.551. The Morgan fingerprint density at radius 2 is 2.00 bits per heavy atom. The van der Waals surface area contributed by atoms with E-state index in [4.69, 9.17) is 10.5 Å². The summed E-state index contributed by atoms with van der Waals surface area (Å²) >= 11 is 1.45. The van der Waals surface area contributed by atoms with Crippen LogP contribution in [0.25, 0.3) is 0 Å². The minimum atomic E-state index is -1.88. The summed E-state index contributed by atoms with van der Waals surface area (Å²) in [6.07, 6.45) is 1.20. The van der Waals surface area contributed by atoms with Crippen molar-refractivity contribution in [3.05, 3.63) is 74.2 Å². The van der Waals surface area contributed by atoms with E-state index >= 15 is 0 Å². The summed E-state index contributed by atoms with van der Waals surface area (Å²) in [6, 6.07) is 7.66. The zero-order valence-electron chi connectivity index (χ0n) is 17.7. The second-order valence-electron chi connectivity index (χ2n) is 7.29. The highest BCUT2D eigenvalue weighted by molar-refractivity contribution is 7.12. The van der Waals surface area contributed by atoms with E-state index in [1.807, 2.05) is 24.3 Å².